The Labute approximate surface area is 183 Å². The first-order valence-corrected chi connectivity index (χ1v) is 9.64. The average molecular weight is 445 g/mol. The minimum absolute atomic E-state index is 0.168. The maximum Gasteiger partial charge on any atom is 0.254 e. The van der Waals surface area contributed by atoms with Crippen LogP contribution < -0.4 is 15.4 Å². The lowest BCUT2D eigenvalue weighted by Gasteiger charge is -2.10. The first kappa shape index (κ1) is 22.2. The molecule has 2 N–H and O–H groups in total. The van der Waals surface area contributed by atoms with E-state index in [4.69, 9.17) is 16.3 Å². The first-order chi connectivity index (χ1) is 14.8. The molecular weight excluding hydrogens is 426 g/mol. The van der Waals surface area contributed by atoms with E-state index in [0.29, 0.717) is 16.5 Å². The highest BCUT2D eigenvalue weighted by Gasteiger charge is 2.16. The molecule has 3 aromatic carbocycles. The van der Waals surface area contributed by atoms with Gasteiger partial charge in [-0.2, -0.15) is 0 Å². The molecule has 5 nitrogen and oxygen atoms in total. The van der Waals surface area contributed by atoms with E-state index in [1.807, 2.05) is 6.92 Å². The number of methoxy groups -OCH3 is 1. The summed E-state index contributed by atoms with van der Waals surface area (Å²) in [6.45, 7) is 1.48. The summed E-state index contributed by atoms with van der Waals surface area (Å²) in [6, 6.07) is 13.0. The fraction of sp³-hybridized carbons (Fsp3) is 0.130. The van der Waals surface area contributed by atoms with Gasteiger partial charge in [0.05, 0.1) is 29.9 Å². The summed E-state index contributed by atoms with van der Waals surface area (Å²) >= 11 is 6.06. The van der Waals surface area contributed by atoms with E-state index in [1.165, 1.54) is 31.4 Å². The Morgan fingerprint density at radius 3 is 2.42 bits per heavy atom. The van der Waals surface area contributed by atoms with Crippen molar-refractivity contribution in [1.29, 1.82) is 0 Å². The number of anilines is 1. The molecule has 8 heteroatoms. The van der Waals surface area contributed by atoms with Crippen molar-refractivity contribution >= 4 is 29.1 Å². The van der Waals surface area contributed by atoms with Crippen molar-refractivity contribution in [2.24, 2.45) is 0 Å². The van der Waals surface area contributed by atoms with Crippen LogP contribution in [-0.4, -0.2) is 25.5 Å². The van der Waals surface area contributed by atoms with E-state index < -0.39 is 23.4 Å². The van der Waals surface area contributed by atoms with Crippen LogP contribution in [0.4, 0.5) is 14.5 Å². The van der Waals surface area contributed by atoms with Crippen LogP contribution in [0.25, 0.3) is 11.1 Å². The number of hydrogen-bond acceptors (Lipinski definition) is 3. The summed E-state index contributed by atoms with van der Waals surface area (Å²) in [6.07, 6.45) is 0. The lowest BCUT2D eigenvalue weighted by molar-refractivity contribution is -0.115. The second-order valence-electron chi connectivity index (χ2n) is 6.75. The Hall–Kier alpha value is -3.45. The fourth-order valence-electron chi connectivity index (χ4n) is 2.90. The summed E-state index contributed by atoms with van der Waals surface area (Å²) in [5.74, 6) is -2.38. The second kappa shape index (κ2) is 9.57. The molecule has 0 radical (unpaired) electrons. The maximum absolute atomic E-state index is 14.5. The summed E-state index contributed by atoms with van der Waals surface area (Å²) in [5, 5.41) is 5.29. The van der Waals surface area contributed by atoms with E-state index in [-0.39, 0.29) is 23.2 Å². The fourth-order valence-corrected chi connectivity index (χ4v) is 3.18. The topological polar surface area (TPSA) is 67.4 Å². The standard InChI is InChI=1S/C23H19ClF2N2O3/c1-13-3-8-21(18(24)9-13)28-22(29)12-27-23(30)17-6-4-14(10-19(17)25)16-7-5-15(31-2)11-20(16)26/h3-11H,12H2,1-2H3,(H,27,30)(H,28,29). The van der Waals surface area contributed by atoms with E-state index in [0.717, 1.165) is 11.6 Å². The Balaban J connectivity index is 1.66. The lowest BCUT2D eigenvalue weighted by atomic mass is 10.0. The Kier molecular flexibility index (Phi) is 6.87. The smallest absolute Gasteiger partial charge is 0.254 e. The minimum atomic E-state index is -0.841. The molecule has 2 amide bonds. The molecule has 0 aliphatic rings. The summed E-state index contributed by atoms with van der Waals surface area (Å²) in [4.78, 5) is 24.4. The van der Waals surface area contributed by atoms with Crippen LogP contribution in [0.5, 0.6) is 5.75 Å². The molecule has 0 saturated carbocycles. The van der Waals surface area contributed by atoms with Gasteiger partial charge in [-0.3, -0.25) is 9.59 Å². The van der Waals surface area contributed by atoms with Crippen molar-refractivity contribution in [3.8, 4) is 16.9 Å². The molecule has 0 aromatic heterocycles. The minimum Gasteiger partial charge on any atom is -0.497 e. The molecule has 0 aliphatic carbocycles. The number of hydrogen-bond donors (Lipinski definition) is 2. The van der Waals surface area contributed by atoms with Gasteiger partial charge in [0.15, 0.2) is 0 Å². The molecular formula is C23H19ClF2N2O3. The number of carbonyl (C=O) groups is 2. The number of nitrogens with one attached hydrogen (secondary N) is 2. The van der Waals surface area contributed by atoms with Gasteiger partial charge in [0.25, 0.3) is 5.91 Å². The Bertz CT molecular complexity index is 1150. The van der Waals surface area contributed by atoms with E-state index in [2.05, 4.69) is 10.6 Å². The summed E-state index contributed by atoms with van der Waals surface area (Å²) < 4.78 is 33.7. The van der Waals surface area contributed by atoms with Gasteiger partial charge in [0, 0.05) is 11.6 Å². The van der Waals surface area contributed by atoms with Gasteiger partial charge in [-0.05, 0) is 54.4 Å². The van der Waals surface area contributed by atoms with Crippen LogP contribution in [0.15, 0.2) is 54.6 Å². The van der Waals surface area contributed by atoms with Gasteiger partial charge < -0.3 is 15.4 Å². The van der Waals surface area contributed by atoms with Crippen LogP contribution in [0.1, 0.15) is 15.9 Å². The third-order valence-corrected chi connectivity index (χ3v) is 4.82. The highest BCUT2D eigenvalue weighted by atomic mass is 35.5. The van der Waals surface area contributed by atoms with Gasteiger partial charge in [-0.25, -0.2) is 8.78 Å². The number of amides is 2. The van der Waals surface area contributed by atoms with Gasteiger partial charge in [0.2, 0.25) is 5.91 Å². The number of aryl methyl sites for hydroxylation is 1. The lowest BCUT2D eigenvalue weighted by Crippen LogP contribution is -2.33. The quantitative estimate of drug-likeness (QED) is 0.564. The molecule has 0 fully saturated rings. The molecule has 0 spiro atoms. The monoisotopic (exact) mass is 444 g/mol. The molecule has 160 valence electrons. The number of rotatable bonds is 6. The van der Waals surface area contributed by atoms with Crippen molar-refractivity contribution in [2.75, 3.05) is 19.0 Å². The molecule has 0 aliphatic heterocycles. The number of benzene rings is 3. The van der Waals surface area contributed by atoms with Gasteiger partial charge in [0.1, 0.15) is 17.4 Å². The van der Waals surface area contributed by atoms with Gasteiger partial charge in [-0.1, -0.05) is 23.7 Å². The van der Waals surface area contributed by atoms with Crippen molar-refractivity contribution < 1.29 is 23.1 Å². The third kappa shape index (κ3) is 5.38. The SMILES string of the molecule is COc1ccc(-c2ccc(C(=O)NCC(=O)Nc3ccc(C)cc3Cl)c(F)c2)c(F)c1. The van der Waals surface area contributed by atoms with Crippen molar-refractivity contribution in [3.05, 3.63) is 82.4 Å². The highest BCUT2D eigenvalue weighted by molar-refractivity contribution is 6.33. The zero-order valence-electron chi connectivity index (χ0n) is 16.8. The molecule has 3 rings (SSSR count). The first-order valence-electron chi connectivity index (χ1n) is 9.26. The van der Waals surface area contributed by atoms with Crippen LogP contribution >= 0.6 is 11.6 Å². The Morgan fingerprint density at radius 2 is 1.77 bits per heavy atom. The molecule has 0 atom stereocenters. The van der Waals surface area contributed by atoms with Crippen LogP contribution in [0, 0.1) is 18.6 Å². The predicted octanol–water partition coefficient (Wildman–Crippen LogP) is 4.97. The summed E-state index contributed by atoms with van der Waals surface area (Å²) in [5.41, 5.74) is 1.51. The van der Waals surface area contributed by atoms with E-state index in [9.17, 15) is 18.4 Å². The summed E-state index contributed by atoms with van der Waals surface area (Å²) in [7, 11) is 1.41. The average Bonchev–Trinajstić information content (AvgIpc) is 2.73. The number of carbonyl (C=O) groups excluding carboxylic acids is 2. The third-order valence-electron chi connectivity index (χ3n) is 4.51. The molecule has 0 heterocycles. The van der Waals surface area contributed by atoms with E-state index >= 15 is 0 Å². The zero-order valence-corrected chi connectivity index (χ0v) is 17.5. The van der Waals surface area contributed by atoms with Crippen molar-refractivity contribution in [1.82, 2.24) is 5.32 Å². The normalized spacial score (nSPS) is 10.5. The van der Waals surface area contributed by atoms with E-state index in [1.54, 1.807) is 24.3 Å². The number of halogens is 3. The Morgan fingerprint density at radius 1 is 1.00 bits per heavy atom. The zero-order chi connectivity index (χ0) is 22.5. The highest BCUT2D eigenvalue weighted by Crippen LogP contribution is 2.27. The largest absolute Gasteiger partial charge is 0.497 e. The maximum atomic E-state index is 14.5. The van der Waals surface area contributed by atoms with Gasteiger partial charge >= 0.3 is 0 Å². The number of ether oxygens (including phenoxy) is 1. The van der Waals surface area contributed by atoms with Crippen LogP contribution in [-0.2, 0) is 4.79 Å². The van der Waals surface area contributed by atoms with Crippen LogP contribution in [0.3, 0.4) is 0 Å². The predicted molar refractivity (Wildman–Crippen MR) is 115 cm³/mol. The molecule has 0 bridgehead atoms. The van der Waals surface area contributed by atoms with Crippen molar-refractivity contribution in [2.45, 2.75) is 6.92 Å². The molecule has 0 unspecified atom stereocenters. The molecule has 0 saturated heterocycles. The molecule has 31 heavy (non-hydrogen) atoms. The van der Waals surface area contributed by atoms with Crippen LogP contribution in [0.2, 0.25) is 5.02 Å². The van der Waals surface area contributed by atoms with Crippen molar-refractivity contribution in [3.63, 3.8) is 0 Å². The van der Waals surface area contributed by atoms with Gasteiger partial charge in [-0.15, -0.1) is 0 Å². The second-order valence-corrected chi connectivity index (χ2v) is 7.16. The molecule has 3 aromatic rings.